The molecule has 0 saturated carbocycles. The van der Waals surface area contributed by atoms with Crippen LogP contribution in [-0.4, -0.2) is 41.3 Å². The molecule has 26 heavy (non-hydrogen) atoms. The van der Waals surface area contributed by atoms with E-state index in [0.717, 1.165) is 15.8 Å². The summed E-state index contributed by atoms with van der Waals surface area (Å²) in [6.45, 7) is 5.17. The maximum absolute atomic E-state index is 12.6. The third-order valence-electron chi connectivity index (χ3n) is 3.58. The van der Waals surface area contributed by atoms with Gasteiger partial charge in [-0.3, -0.25) is 9.48 Å². The number of rotatable bonds is 6. The molecule has 140 valence electrons. The number of methoxy groups -OCH3 is 1. The molecular weight excluding hydrogens is 426 g/mol. The van der Waals surface area contributed by atoms with Crippen molar-refractivity contribution in [2.75, 3.05) is 19.0 Å². The van der Waals surface area contributed by atoms with Crippen LogP contribution in [0, 0.1) is 6.92 Å². The van der Waals surface area contributed by atoms with E-state index in [1.54, 1.807) is 33.2 Å². The van der Waals surface area contributed by atoms with E-state index in [9.17, 15) is 14.4 Å². The highest BCUT2D eigenvalue weighted by molar-refractivity contribution is 9.10. The Labute approximate surface area is 162 Å². The quantitative estimate of drug-likeness (QED) is 0.688. The van der Waals surface area contributed by atoms with Gasteiger partial charge in [-0.1, -0.05) is 0 Å². The number of amides is 1. The zero-order valence-corrected chi connectivity index (χ0v) is 17.1. The van der Waals surface area contributed by atoms with E-state index in [2.05, 4.69) is 26.3 Å². The van der Waals surface area contributed by atoms with Gasteiger partial charge in [0.25, 0.3) is 0 Å². The Morgan fingerprint density at radius 2 is 2.08 bits per heavy atom. The molecule has 2 heterocycles. The topological polar surface area (TPSA) is 99.5 Å². The Kier molecular flexibility index (Phi) is 6.54. The minimum atomic E-state index is -0.640. The minimum Gasteiger partial charge on any atom is -0.465 e. The molecule has 1 N–H and O–H groups in total. The SMILES string of the molecule is CCOC(=O)c1sc(NC(=O)C(C)n2cc(Br)cn2)c(C(=O)OC)c1C. The predicted octanol–water partition coefficient (Wildman–Crippen LogP) is 3.18. The summed E-state index contributed by atoms with van der Waals surface area (Å²) >= 11 is 4.25. The Morgan fingerprint density at radius 1 is 1.38 bits per heavy atom. The summed E-state index contributed by atoms with van der Waals surface area (Å²) in [7, 11) is 1.24. The minimum absolute atomic E-state index is 0.141. The predicted molar refractivity (Wildman–Crippen MR) is 99.6 cm³/mol. The van der Waals surface area contributed by atoms with Crippen LogP contribution in [0.5, 0.6) is 0 Å². The molecule has 2 rings (SSSR count). The van der Waals surface area contributed by atoms with Crippen LogP contribution >= 0.6 is 27.3 Å². The second-order valence-corrected chi connectivity index (χ2v) is 7.21. The maximum atomic E-state index is 12.6. The van der Waals surface area contributed by atoms with E-state index in [0.29, 0.717) is 5.56 Å². The Balaban J connectivity index is 2.35. The average molecular weight is 444 g/mol. The van der Waals surface area contributed by atoms with E-state index in [4.69, 9.17) is 9.47 Å². The number of nitrogens with zero attached hydrogens (tertiary/aromatic N) is 2. The number of carbonyl (C=O) groups excluding carboxylic acids is 3. The number of halogens is 1. The number of esters is 2. The molecule has 10 heteroatoms. The van der Waals surface area contributed by atoms with Crippen LogP contribution in [0.15, 0.2) is 16.9 Å². The smallest absolute Gasteiger partial charge is 0.348 e. The van der Waals surface area contributed by atoms with E-state index in [1.165, 1.54) is 11.8 Å². The van der Waals surface area contributed by atoms with Crippen LogP contribution in [0.3, 0.4) is 0 Å². The molecule has 1 atom stereocenters. The molecule has 0 aromatic carbocycles. The first kappa shape index (κ1) is 20.1. The number of aromatic nitrogens is 2. The van der Waals surface area contributed by atoms with Crippen molar-refractivity contribution in [3.05, 3.63) is 32.9 Å². The van der Waals surface area contributed by atoms with Crippen molar-refractivity contribution in [1.82, 2.24) is 9.78 Å². The lowest BCUT2D eigenvalue weighted by atomic mass is 10.1. The van der Waals surface area contributed by atoms with Gasteiger partial charge in [0.05, 0.1) is 29.9 Å². The molecule has 0 radical (unpaired) electrons. The fraction of sp³-hybridized carbons (Fsp3) is 0.375. The molecule has 0 fully saturated rings. The molecule has 0 aliphatic heterocycles. The molecule has 2 aromatic heterocycles. The first-order valence-electron chi connectivity index (χ1n) is 7.69. The van der Waals surface area contributed by atoms with Gasteiger partial charge in [-0.15, -0.1) is 11.3 Å². The number of hydrogen-bond donors (Lipinski definition) is 1. The highest BCUT2D eigenvalue weighted by atomic mass is 79.9. The lowest BCUT2D eigenvalue weighted by Crippen LogP contribution is -2.24. The van der Waals surface area contributed by atoms with Crippen molar-refractivity contribution in [3.63, 3.8) is 0 Å². The van der Waals surface area contributed by atoms with Gasteiger partial charge in [0.1, 0.15) is 15.9 Å². The van der Waals surface area contributed by atoms with Crippen molar-refractivity contribution in [2.24, 2.45) is 0 Å². The van der Waals surface area contributed by atoms with Gasteiger partial charge in [-0.05, 0) is 42.3 Å². The highest BCUT2D eigenvalue weighted by Crippen LogP contribution is 2.34. The summed E-state index contributed by atoms with van der Waals surface area (Å²) in [5.74, 6) is -1.58. The van der Waals surface area contributed by atoms with Crippen molar-refractivity contribution < 1.29 is 23.9 Å². The molecule has 8 nitrogen and oxygen atoms in total. The zero-order chi connectivity index (χ0) is 19.4. The van der Waals surface area contributed by atoms with Crippen LogP contribution in [0.2, 0.25) is 0 Å². The van der Waals surface area contributed by atoms with Gasteiger partial charge in [-0.2, -0.15) is 5.10 Å². The van der Waals surface area contributed by atoms with E-state index >= 15 is 0 Å². The first-order valence-corrected chi connectivity index (χ1v) is 9.30. The van der Waals surface area contributed by atoms with Crippen LogP contribution < -0.4 is 5.32 Å². The molecule has 0 aliphatic rings. The zero-order valence-electron chi connectivity index (χ0n) is 14.7. The maximum Gasteiger partial charge on any atom is 0.348 e. The number of carbonyl (C=O) groups is 3. The third-order valence-corrected chi connectivity index (χ3v) is 5.18. The van der Waals surface area contributed by atoms with Gasteiger partial charge in [0.15, 0.2) is 0 Å². The molecule has 0 saturated heterocycles. The lowest BCUT2D eigenvalue weighted by Gasteiger charge is -2.12. The van der Waals surface area contributed by atoms with Crippen LogP contribution in [-0.2, 0) is 14.3 Å². The summed E-state index contributed by atoms with van der Waals surface area (Å²) in [4.78, 5) is 37.0. The van der Waals surface area contributed by atoms with Crippen molar-refractivity contribution in [1.29, 1.82) is 0 Å². The third kappa shape index (κ3) is 4.13. The molecule has 0 bridgehead atoms. The molecule has 1 unspecified atom stereocenters. The molecule has 2 aromatic rings. The second kappa shape index (κ2) is 8.45. The standard InChI is InChI=1S/C16H18BrN3O5S/c1-5-25-16(23)12-8(2)11(15(22)24-4)14(26-12)19-13(21)9(3)20-7-10(17)6-18-20/h6-7,9H,5H2,1-4H3,(H,19,21). The Bertz CT molecular complexity index is 845. The monoisotopic (exact) mass is 443 g/mol. The highest BCUT2D eigenvalue weighted by Gasteiger charge is 2.28. The molecular formula is C16H18BrN3O5S. The van der Waals surface area contributed by atoms with E-state index in [-0.39, 0.29) is 28.0 Å². The summed E-state index contributed by atoms with van der Waals surface area (Å²) < 4.78 is 12.0. The summed E-state index contributed by atoms with van der Waals surface area (Å²) in [6, 6.07) is -0.625. The number of anilines is 1. The van der Waals surface area contributed by atoms with Crippen LogP contribution in [0.25, 0.3) is 0 Å². The van der Waals surface area contributed by atoms with E-state index < -0.39 is 18.0 Å². The van der Waals surface area contributed by atoms with Gasteiger partial charge in [0.2, 0.25) is 5.91 Å². The lowest BCUT2D eigenvalue weighted by molar-refractivity contribution is -0.119. The normalized spacial score (nSPS) is 11.7. The average Bonchev–Trinajstić information content (AvgIpc) is 3.17. The van der Waals surface area contributed by atoms with Crippen LogP contribution in [0.4, 0.5) is 5.00 Å². The molecule has 0 spiro atoms. The summed E-state index contributed by atoms with van der Waals surface area (Å²) in [5.41, 5.74) is 0.549. The van der Waals surface area contributed by atoms with Crippen molar-refractivity contribution in [2.45, 2.75) is 26.8 Å². The Morgan fingerprint density at radius 3 is 2.62 bits per heavy atom. The summed E-state index contributed by atoms with van der Waals surface area (Å²) in [5, 5.41) is 7.00. The van der Waals surface area contributed by atoms with E-state index in [1.807, 2.05) is 0 Å². The van der Waals surface area contributed by atoms with Crippen LogP contribution in [0.1, 0.15) is 45.5 Å². The fourth-order valence-electron chi connectivity index (χ4n) is 2.20. The fourth-order valence-corrected chi connectivity index (χ4v) is 3.60. The number of ether oxygens (including phenoxy) is 2. The summed E-state index contributed by atoms with van der Waals surface area (Å²) in [6.07, 6.45) is 3.23. The Hall–Kier alpha value is -2.20. The van der Waals surface area contributed by atoms with Gasteiger partial charge >= 0.3 is 11.9 Å². The van der Waals surface area contributed by atoms with Gasteiger partial charge in [-0.25, -0.2) is 9.59 Å². The molecule has 1 amide bonds. The number of hydrogen-bond acceptors (Lipinski definition) is 7. The molecule has 0 aliphatic carbocycles. The van der Waals surface area contributed by atoms with Crippen molar-refractivity contribution in [3.8, 4) is 0 Å². The number of nitrogens with one attached hydrogen (secondary N) is 1. The first-order chi connectivity index (χ1) is 12.3. The number of thiophene rings is 1. The van der Waals surface area contributed by atoms with Crippen molar-refractivity contribution >= 4 is 50.1 Å². The van der Waals surface area contributed by atoms with Gasteiger partial charge in [0, 0.05) is 6.20 Å². The second-order valence-electron chi connectivity index (χ2n) is 5.28. The van der Waals surface area contributed by atoms with Gasteiger partial charge < -0.3 is 14.8 Å². The largest absolute Gasteiger partial charge is 0.465 e.